The number of fused-ring (bicyclic) bond motifs is 1. The number of halogens is 1. The number of nitrogens with one attached hydrogen (secondary N) is 1. The van der Waals surface area contributed by atoms with Crippen molar-refractivity contribution in [3.05, 3.63) is 76.6 Å². The SMILES string of the molecule is Cc1cc(C(=O)NCC(C)(C)C)nn1Cc1cc(Cl)cc2cc(-c3ccccc3)oc12. The van der Waals surface area contributed by atoms with E-state index in [0.29, 0.717) is 23.8 Å². The van der Waals surface area contributed by atoms with Crippen LogP contribution in [0.1, 0.15) is 42.5 Å². The number of carbonyl (C=O) groups is 1. The normalized spacial score (nSPS) is 11.8. The number of furan rings is 1. The molecular formula is C25H26ClN3O2. The zero-order valence-electron chi connectivity index (χ0n) is 18.2. The van der Waals surface area contributed by atoms with Crippen LogP contribution in [0.15, 0.2) is 59.0 Å². The molecule has 4 aromatic rings. The van der Waals surface area contributed by atoms with Gasteiger partial charge in [0.1, 0.15) is 17.0 Å². The number of rotatable bonds is 5. The molecule has 0 aliphatic heterocycles. The van der Waals surface area contributed by atoms with Crippen molar-refractivity contribution < 1.29 is 9.21 Å². The zero-order valence-corrected chi connectivity index (χ0v) is 19.0. The van der Waals surface area contributed by atoms with Crippen LogP contribution in [0.25, 0.3) is 22.3 Å². The van der Waals surface area contributed by atoms with Gasteiger partial charge in [-0.3, -0.25) is 9.48 Å². The van der Waals surface area contributed by atoms with Crippen LogP contribution in [0.2, 0.25) is 5.02 Å². The van der Waals surface area contributed by atoms with E-state index in [2.05, 4.69) is 31.2 Å². The van der Waals surface area contributed by atoms with Crippen LogP contribution in [0.3, 0.4) is 0 Å². The minimum Gasteiger partial charge on any atom is -0.456 e. The Bertz CT molecular complexity index is 1230. The van der Waals surface area contributed by atoms with Crippen molar-refractivity contribution in [3.63, 3.8) is 0 Å². The minimum absolute atomic E-state index is 0.00934. The maximum Gasteiger partial charge on any atom is 0.271 e. The number of benzene rings is 2. The molecule has 1 amide bonds. The average Bonchev–Trinajstić information content (AvgIpc) is 3.30. The molecule has 2 aromatic heterocycles. The summed E-state index contributed by atoms with van der Waals surface area (Å²) in [6.45, 7) is 9.21. The molecule has 0 aliphatic carbocycles. The summed E-state index contributed by atoms with van der Waals surface area (Å²) in [5.41, 5.74) is 4.01. The molecule has 6 heteroatoms. The van der Waals surface area contributed by atoms with E-state index in [0.717, 1.165) is 33.6 Å². The molecule has 5 nitrogen and oxygen atoms in total. The van der Waals surface area contributed by atoms with Crippen LogP contribution in [0.5, 0.6) is 0 Å². The maximum atomic E-state index is 12.5. The summed E-state index contributed by atoms with van der Waals surface area (Å²) in [5, 5.41) is 9.05. The summed E-state index contributed by atoms with van der Waals surface area (Å²) >= 11 is 6.39. The third-order valence-electron chi connectivity index (χ3n) is 5.03. The van der Waals surface area contributed by atoms with Gasteiger partial charge in [-0.15, -0.1) is 0 Å². The largest absolute Gasteiger partial charge is 0.456 e. The Morgan fingerprint density at radius 1 is 1.13 bits per heavy atom. The van der Waals surface area contributed by atoms with Crippen molar-refractivity contribution in [3.8, 4) is 11.3 Å². The number of nitrogens with zero attached hydrogens (tertiary/aromatic N) is 2. The molecule has 1 N–H and O–H groups in total. The summed E-state index contributed by atoms with van der Waals surface area (Å²) in [5.74, 6) is 0.621. The Labute approximate surface area is 187 Å². The maximum absolute atomic E-state index is 12.5. The zero-order chi connectivity index (χ0) is 22.2. The number of aryl methyl sites for hydroxylation is 1. The second-order valence-corrected chi connectivity index (χ2v) is 9.47. The van der Waals surface area contributed by atoms with Crippen molar-refractivity contribution in [2.75, 3.05) is 6.54 Å². The molecule has 0 aliphatic rings. The molecule has 2 heterocycles. The number of aromatic nitrogens is 2. The molecule has 4 rings (SSSR count). The Balaban J connectivity index is 1.64. The van der Waals surface area contributed by atoms with E-state index < -0.39 is 0 Å². The topological polar surface area (TPSA) is 60.1 Å². The quantitative estimate of drug-likeness (QED) is 0.413. The highest BCUT2D eigenvalue weighted by Gasteiger charge is 2.18. The fourth-order valence-electron chi connectivity index (χ4n) is 3.43. The first-order valence-corrected chi connectivity index (χ1v) is 10.7. The average molecular weight is 436 g/mol. The second-order valence-electron chi connectivity index (χ2n) is 9.03. The van der Waals surface area contributed by atoms with Gasteiger partial charge in [-0.05, 0) is 36.6 Å². The second kappa shape index (κ2) is 8.23. The molecule has 31 heavy (non-hydrogen) atoms. The third-order valence-corrected chi connectivity index (χ3v) is 5.25. The van der Waals surface area contributed by atoms with Crippen LogP contribution in [-0.2, 0) is 6.54 Å². The molecule has 0 saturated carbocycles. The summed E-state index contributed by atoms with van der Waals surface area (Å²) in [6, 6.07) is 17.6. The van der Waals surface area contributed by atoms with Gasteiger partial charge in [0.25, 0.3) is 5.91 Å². The fraction of sp³-hybridized carbons (Fsp3) is 0.280. The van der Waals surface area contributed by atoms with Gasteiger partial charge in [-0.25, -0.2) is 0 Å². The Kier molecular flexibility index (Phi) is 5.63. The molecule has 0 saturated heterocycles. The summed E-state index contributed by atoms with van der Waals surface area (Å²) in [4.78, 5) is 12.5. The Morgan fingerprint density at radius 2 is 1.87 bits per heavy atom. The highest BCUT2D eigenvalue weighted by Crippen LogP contribution is 2.32. The first-order valence-electron chi connectivity index (χ1n) is 10.3. The van der Waals surface area contributed by atoms with Crippen molar-refractivity contribution in [1.29, 1.82) is 0 Å². The van der Waals surface area contributed by atoms with Gasteiger partial charge in [-0.1, -0.05) is 62.7 Å². The van der Waals surface area contributed by atoms with Crippen molar-refractivity contribution >= 4 is 28.5 Å². The first-order chi connectivity index (χ1) is 14.7. The van der Waals surface area contributed by atoms with Crippen molar-refractivity contribution in [2.45, 2.75) is 34.2 Å². The molecule has 0 fully saturated rings. The van der Waals surface area contributed by atoms with Crippen LogP contribution < -0.4 is 5.32 Å². The molecule has 0 spiro atoms. The lowest BCUT2D eigenvalue weighted by Crippen LogP contribution is -2.32. The standard InChI is InChI=1S/C25H26ClN3O2/c1-16-10-21(24(30)27-15-25(2,3)4)28-29(16)14-19-12-20(26)11-18-13-22(31-23(18)19)17-8-6-5-7-9-17/h5-13H,14-15H2,1-4H3,(H,27,30). The smallest absolute Gasteiger partial charge is 0.271 e. The van der Waals surface area contributed by atoms with Crippen LogP contribution >= 0.6 is 11.6 Å². The predicted octanol–water partition coefficient (Wildman–Crippen LogP) is 6.08. The van der Waals surface area contributed by atoms with Crippen LogP contribution in [0.4, 0.5) is 0 Å². The Hall–Kier alpha value is -3.05. The molecule has 0 unspecified atom stereocenters. The lowest BCUT2D eigenvalue weighted by molar-refractivity contribution is 0.0933. The van der Waals surface area contributed by atoms with E-state index in [9.17, 15) is 4.79 Å². The lowest BCUT2D eigenvalue weighted by Gasteiger charge is -2.18. The number of carbonyl (C=O) groups excluding carboxylic acids is 1. The van der Waals surface area contributed by atoms with Gasteiger partial charge in [0.2, 0.25) is 0 Å². The summed E-state index contributed by atoms with van der Waals surface area (Å²) < 4.78 is 8.01. The van der Waals surface area contributed by atoms with E-state index in [-0.39, 0.29) is 11.3 Å². The van der Waals surface area contributed by atoms with Gasteiger partial charge in [-0.2, -0.15) is 5.10 Å². The first kappa shape index (κ1) is 21.2. The van der Waals surface area contributed by atoms with Crippen molar-refractivity contribution in [2.24, 2.45) is 5.41 Å². The van der Waals surface area contributed by atoms with Crippen molar-refractivity contribution in [1.82, 2.24) is 15.1 Å². The van der Waals surface area contributed by atoms with E-state index in [4.69, 9.17) is 16.0 Å². The molecule has 0 bridgehead atoms. The van der Waals surface area contributed by atoms with E-state index in [1.54, 1.807) is 6.07 Å². The molecule has 2 aromatic carbocycles. The van der Waals surface area contributed by atoms with E-state index in [1.165, 1.54) is 0 Å². The predicted molar refractivity (Wildman–Crippen MR) is 125 cm³/mol. The molecule has 160 valence electrons. The highest BCUT2D eigenvalue weighted by molar-refractivity contribution is 6.31. The molecule has 0 atom stereocenters. The van der Waals surface area contributed by atoms with E-state index in [1.807, 2.05) is 60.1 Å². The fourth-order valence-corrected chi connectivity index (χ4v) is 3.68. The lowest BCUT2D eigenvalue weighted by atomic mass is 9.97. The minimum atomic E-state index is -0.169. The monoisotopic (exact) mass is 435 g/mol. The number of amides is 1. The van der Waals surface area contributed by atoms with Gasteiger partial charge in [0, 0.05) is 33.8 Å². The van der Waals surface area contributed by atoms with E-state index >= 15 is 0 Å². The van der Waals surface area contributed by atoms with Gasteiger partial charge in [0.15, 0.2) is 0 Å². The molecular weight excluding hydrogens is 410 g/mol. The summed E-state index contributed by atoms with van der Waals surface area (Å²) in [6.07, 6.45) is 0. The van der Waals surface area contributed by atoms with Gasteiger partial charge in [0.05, 0.1) is 6.54 Å². The van der Waals surface area contributed by atoms with Crippen LogP contribution in [-0.4, -0.2) is 22.2 Å². The number of hydrogen-bond donors (Lipinski definition) is 1. The number of hydrogen-bond acceptors (Lipinski definition) is 3. The summed E-state index contributed by atoms with van der Waals surface area (Å²) in [7, 11) is 0. The third kappa shape index (κ3) is 4.83. The molecule has 0 radical (unpaired) electrons. The highest BCUT2D eigenvalue weighted by atomic mass is 35.5. The van der Waals surface area contributed by atoms with Gasteiger partial charge >= 0.3 is 0 Å². The Morgan fingerprint density at radius 3 is 2.58 bits per heavy atom. The van der Waals surface area contributed by atoms with Gasteiger partial charge < -0.3 is 9.73 Å². The van der Waals surface area contributed by atoms with Crippen LogP contribution in [0, 0.1) is 12.3 Å².